The first kappa shape index (κ1) is 28.2. The predicted octanol–water partition coefficient (Wildman–Crippen LogP) is 4.09. The van der Waals surface area contributed by atoms with E-state index in [-0.39, 0.29) is 11.2 Å². The highest BCUT2D eigenvalue weighted by molar-refractivity contribution is 8.04. The summed E-state index contributed by atoms with van der Waals surface area (Å²) in [4.78, 5) is 31.0. The summed E-state index contributed by atoms with van der Waals surface area (Å²) in [6.07, 6.45) is 7.16. The second-order valence-corrected chi connectivity index (χ2v) is 11.7. The molecule has 13 heteroatoms. The quantitative estimate of drug-likeness (QED) is 0.277. The molecule has 7 rings (SSSR count). The van der Waals surface area contributed by atoms with E-state index in [1.807, 2.05) is 48.6 Å². The lowest BCUT2D eigenvalue weighted by molar-refractivity contribution is -0.113. The number of halogens is 1. The first-order chi connectivity index (χ1) is 21.5. The number of nitrogens with two attached hydrogens (primary N) is 1. The molecule has 0 bridgehead atoms. The molecule has 0 saturated carbocycles. The molecule has 2 aliphatic heterocycles. The van der Waals surface area contributed by atoms with Crippen LogP contribution in [0.1, 0.15) is 17.9 Å². The number of morpholine rings is 1. The van der Waals surface area contributed by atoms with Gasteiger partial charge < -0.3 is 19.9 Å². The van der Waals surface area contributed by atoms with Gasteiger partial charge in [0.15, 0.2) is 11.5 Å². The number of nitrogens with zero attached hydrogens (tertiary/aromatic N) is 8. The summed E-state index contributed by atoms with van der Waals surface area (Å²) in [5.41, 5.74) is 11.1. The molecule has 11 nitrogen and oxygen atoms in total. The second-order valence-electron chi connectivity index (χ2n) is 10.6. The molecule has 1 amide bonds. The number of rotatable bonds is 8. The number of thioether (sulfide) groups is 1. The molecule has 6 heterocycles. The minimum absolute atomic E-state index is 0.262. The van der Waals surface area contributed by atoms with Gasteiger partial charge in [-0.25, -0.2) is 18.9 Å². The Labute approximate surface area is 257 Å². The van der Waals surface area contributed by atoms with Crippen LogP contribution in [0.2, 0.25) is 0 Å². The molecule has 1 fully saturated rings. The lowest BCUT2D eigenvalue weighted by atomic mass is 10.1. The number of hydrogen-bond acceptors (Lipinski definition) is 9. The summed E-state index contributed by atoms with van der Waals surface area (Å²) in [5.74, 6) is -0.155. The first-order valence-electron chi connectivity index (χ1n) is 14.3. The molecule has 0 aliphatic carbocycles. The van der Waals surface area contributed by atoms with E-state index in [4.69, 9.17) is 25.5 Å². The third kappa shape index (κ3) is 5.34. The maximum absolute atomic E-state index is 13.8. The van der Waals surface area contributed by atoms with Crippen molar-refractivity contribution in [3.8, 4) is 22.6 Å². The van der Waals surface area contributed by atoms with Gasteiger partial charge >= 0.3 is 0 Å². The van der Waals surface area contributed by atoms with Crippen LogP contribution in [0.4, 0.5) is 10.2 Å². The van der Waals surface area contributed by atoms with Gasteiger partial charge in [-0.1, -0.05) is 17.8 Å². The van der Waals surface area contributed by atoms with Crippen molar-refractivity contribution < 1.29 is 13.9 Å². The van der Waals surface area contributed by atoms with Crippen molar-refractivity contribution in [2.24, 2.45) is 5.73 Å². The minimum Gasteiger partial charge on any atom is -0.379 e. The number of benzene rings is 1. The number of amides is 1. The fourth-order valence-electron chi connectivity index (χ4n) is 5.63. The number of allylic oxidation sites excluding steroid dienone is 1. The Morgan fingerprint density at radius 1 is 1.11 bits per heavy atom. The van der Waals surface area contributed by atoms with Crippen LogP contribution in [0.5, 0.6) is 0 Å². The van der Waals surface area contributed by atoms with Crippen LogP contribution in [-0.4, -0.2) is 72.8 Å². The largest absolute Gasteiger partial charge is 0.379 e. The number of imidazole rings is 2. The van der Waals surface area contributed by atoms with E-state index in [0.29, 0.717) is 28.6 Å². The molecule has 4 aromatic heterocycles. The molecule has 0 radical (unpaired) electrons. The van der Waals surface area contributed by atoms with Crippen molar-refractivity contribution >= 4 is 29.1 Å². The topological polar surface area (TPSA) is 120 Å². The molecule has 1 saturated heterocycles. The summed E-state index contributed by atoms with van der Waals surface area (Å²) >= 11 is 1.38. The molecular weight excluding hydrogens is 581 g/mol. The summed E-state index contributed by atoms with van der Waals surface area (Å²) < 4.78 is 23.1. The number of carbonyl (C=O) groups excluding carboxylic acids is 1. The van der Waals surface area contributed by atoms with Crippen LogP contribution >= 0.6 is 11.8 Å². The van der Waals surface area contributed by atoms with Gasteiger partial charge in [-0.2, -0.15) is 5.10 Å². The van der Waals surface area contributed by atoms with Crippen molar-refractivity contribution in [3.05, 3.63) is 95.4 Å². The number of carbonyl (C=O) groups is 1. The van der Waals surface area contributed by atoms with Crippen LogP contribution < -0.4 is 10.6 Å². The van der Waals surface area contributed by atoms with Crippen molar-refractivity contribution in [1.82, 2.24) is 34.0 Å². The van der Waals surface area contributed by atoms with Gasteiger partial charge in [0.05, 0.1) is 42.0 Å². The van der Waals surface area contributed by atoms with Crippen molar-refractivity contribution in [2.75, 3.05) is 37.7 Å². The zero-order valence-electron chi connectivity index (χ0n) is 24.0. The zero-order valence-corrected chi connectivity index (χ0v) is 24.8. The van der Waals surface area contributed by atoms with E-state index in [0.717, 1.165) is 61.1 Å². The Hall–Kier alpha value is -4.59. The molecule has 2 aliphatic rings. The van der Waals surface area contributed by atoms with Crippen LogP contribution in [0.25, 0.3) is 28.3 Å². The maximum atomic E-state index is 13.8. The summed E-state index contributed by atoms with van der Waals surface area (Å²) in [7, 11) is 0. The number of aromatic nitrogens is 6. The predicted molar refractivity (Wildman–Crippen MR) is 166 cm³/mol. The molecule has 1 unspecified atom stereocenters. The summed E-state index contributed by atoms with van der Waals surface area (Å²) in [6.45, 7) is 6.64. The average molecular weight is 612 g/mol. The van der Waals surface area contributed by atoms with E-state index >= 15 is 0 Å². The average Bonchev–Trinajstić information content (AvgIpc) is 3.75. The van der Waals surface area contributed by atoms with E-state index < -0.39 is 5.91 Å². The number of anilines is 1. The highest BCUT2D eigenvalue weighted by Gasteiger charge is 2.36. The standard InChI is InChI=1S/C31H30FN9O2S/c1-20-29(30(33)42)44-31(22-3-2-10-34-17-22)41(20)26-18-40-25(36-26)9-8-24(37-40)28-27(21-4-6-23(32)7-5-21)35-19-39(28)12-11-38-13-15-43-16-14-38/h2-10,17-19,31H,11-16H2,1H3,(H2,33,42). The SMILES string of the molecule is CC1=C(C(N)=O)SC(c2cccnc2)N1c1cn2nc(-c3c(-c4ccc(F)cc4)ncn3CCN3CCOCC3)ccc2n1. The highest BCUT2D eigenvalue weighted by atomic mass is 32.2. The summed E-state index contributed by atoms with van der Waals surface area (Å²) in [5, 5.41) is 4.72. The fraction of sp³-hybridized carbons (Fsp3) is 0.258. The van der Waals surface area contributed by atoms with Gasteiger partial charge in [0, 0.05) is 55.4 Å². The Bertz CT molecular complexity index is 1850. The van der Waals surface area contributed by atoms with Crippen LogP contribution in [0, 0.1) is 5.82 Å². The molecular formula is C31H30FN9O2S. The number of fused-ring (bicyclic) bond motifs is 1. The van der Waals surface area contributed by atoms with Crippen LogP contribution in [0.15, 0.2) is 84.1 Å². The maximum Gasteiger partial charge on any atom is 0.256 e. The van der Waals surface area contributed by atoms with Crippen LogP contribution in [-0.2, 0) is 16.1 Å². The minimum atomic E-state index is -0.480. The van der Waals surface area contributed by atoms with Crippen molar-refractivity contribution in [3.63, 3.8) is 0 Å². The molecule has 224 valence electrons. The highest BCUT2D eigenvalue weighted by Crippen LogP contribution is 2.49. The van der Waals surface area contributed by atoms with Gasteiger partial charge in [0.2, 0.25) is 0 Å². The molecule has 1 aromatic carbocycles. The molecule has 2 N–H and O–H groups in total. The fourth-order valence-corrected chi connectivity index (χ4v) is 6.88. The Kier molecular flexibility index (Phi) is 7.58. The van der Waals surface area contributed by atoms with Crippen molar-refractivity contribution in [2.45, 2.75) is 18.8 Å². The number of hydrogen-bond donors (Lipinski definition) is 1. The lowest BCUT2D eigenvalue weighted by Gasteiger charge is -2.26. The molecule has 44 heavy (non-hydrogen) atoms. The lowest BCUT2D eigenvalue weighted by Crippen LogP contribution is -2.38. The smallest absolute Gasteiger partial charge is 0.256 e. The molecule has 1 atom stereocenters. The van der Waals surface area contributed by atoms with Crippen LogP contribution in [0.3, 0.4) is 0 Å². The van der Waals surface area contributed by atoms with E-state index in [1.54, 1.807) is 29.0 Å². The zero-order chi connectivity index (χ0) is 30.2. The first-order valence-corrected chi connectivity index (χ1v) is 15.2. The third-order valence-electron chi connectivity index (χ3n) is 7.86. The number of ether oxygens (including phenoxy) is 1. The van der Waals surface area contributed by atoms with Gasteiger partial charge in [-0.05, 0) is 49.4 Å². The summed E-state index contributed by atoms with van der Waals surface area (Å²) in [6, 6.07) is 14.0. The molecule has 0 spiro atoms. The Morgan fingerprint density at radius 2 is 1.93 bits per heavy atom. The van der Waals surface area contributed by atoms with E-state index in [2.05, 4.69) is 14.5 Å². The number of pyridine rings is 1. The Morgan fingerprint density at radius 3 is 2.68 bits per heavy atom. The van der Waals surface area contributed by atoms with E-state index in [1.165, 1.54) is 23.9 Å². The van der Waals surface area contributed by atoms with E-state index in [9.17, 15) is 9.18 Å². The number of primary amides is 1. The Balaban J connectivity index is 1.28. The van der Waals surface area contributed by atoms with Gasteiger partial charge in [0.1, 0.15) is 16.9 Å². The van der Waals surface area contributed by atoms with Gasteiger partial charge in [-0.3, -0.25) is 14.7 Å². The van der Waals surface area contributed by atoms with Gasteiger partial charge in [0.25, 0.3) is 5.91 Å². The second kappa shape index (κ2) is 11.8. The monoisotopic (exact) mass is 611 g/mol. The molecule has 5 aromatic rings. The van der Waals surface area contributed by atoms with Crippen molar-refractivity contribution in [1.29, 1.82) is 0 Å². The van der Waals surface area contributed by atoms with Gasteiger partial charge in [-0.15, -0.1) is 0 Å². The third-order valence-corrected chi connectivity index (χ3v) is 9.30. The normalized spacial score (nSPS) is 17.6.